The Balaban J connectivity index is 1.67. The Morgan fingerprint density at radius 2 is 2.00 bits per heavy atom. The molecule has 3 rings (SSSR count). The highest BCUT2D eigenvalue weighted by Gasteiger charge is 2.33. The molecule has 2 heterocycles. The molecule has 0 saturated carbocycles. The molecule has 1 fully saturated rings. The Morgan fingerprint density at radius 3 is 2.62 bits per heavy atom. The number of rotatable bonds is 4. The fraction of sp³-hybridized carbons (Fsp3) is 0.438. The first kappa shape index (κ1) is 13.8. The van der Waals surface area contributed by atoms with Crippen LogP contribution in [-0.4, -0.2) is 27.5 Å². The first-order valence-electron chi connectivity index (χ1n) is 7.31. The SMILES string of the molecule is CCc1ccc(CN2CC(c3noc(C)n3)CC2=O)cc1. The van der Waals surface area contributed by atoms with Gasteiger partial charge in [-0.05, 0) is 17.5 Å². The van der Waals surface area contributed by atoms with E-state index in [1.54, 1.807) is 6.92 Å². The van der Waals surface area contributed by atoms with E-state index in [-0.39, 0.29) is 11.8 Å². The molecular weight excluding hydrogens is 266 g/mol. The van der Waals surface area contributed by atoms with Crippen molar-refractivity contribution < 1.29 is 9.32 Å². The number of amides is 1. The minimum atomic E-state index is 0.0462. The fourth-order valence-electron chi connectivity index (χ4n) is 2.68. The van der Waals surface area contributed by atoms with Crippen LogP contribution in [0.15, 0.2) is 28.8 Å². The lowest BCUT2D eigenvalue weighted by Crippen LogP contribution is -2.24. The van der Waals surface area contributed by atoms with E-state index in [0.717, 1.165) is 12.0 Å². The summed E-state index contributed by atoms with van der Waals surface area (Å²) in [6, 6.07) is 8.43. The highest BCUT2D eigenvalue weighted by Crippen LogP contribution is 2.27. The molecule has 110 valence electrons. The van der Waals surface area contributed by atoms with Crippen LogP contribution in [0, 0.1) is 6.92 Å². The number of benzene rings is 1. The van der Waals surface area contributed by atoms with Crippen LogP contribution in [0.5, 0.6) is 0 Å². The molecule has 0 N–H and O–H groups in total. The van der Waals surface area contributed by atoms with Crippen molar-refractivity contribution in [1.29, 1.82) is 0 Å². The summed E-state index contributed by atoms with van der Waals surface area (Å²) in [5.41, 5.74) is 2.47. The Labute approximate surface area is 124 Å². The van der Waals surface area contributed by atoms with E-state index in [0.29, 0.717) is 31.2 Å². The predicted molar refractivity (Wildman–Crippen MR) is 77.6 cm³/mol. The highest BCUT2D eigenvalue weighted by atomic mass is 16.5. The highest BCUT2D eigenvalue weighted by molar-refractivity contribution is 5.79. The second kappa shape index (κ2) is 5.68. The van der Waals surface area contributed by atoms with Crippen molar-refractivity contribution >= 4 is 5.91 Å². The molecule has 0 radical (unpaired) electrons. The summed E-state index contributed by atoms with van der Waals surface area (Å²) >= 11 is 0. The largest absolute Gasteiger partial charge is 0.340 e. The quantitative estimate of drug-likeness (QED) is 0.865. The molecule has 1 atom stereocenters. The molecule has 1 unspecified atom stereocenters. The predicted octanol–water partition coefficient (Wildman–Crippen LogP) is 2.46. The maximum Gasteiger partial charge on any atom is 0.223 e. The first-order chi connectivity index (χ1) is 10.2. The van der Waals surface area contributed by atoms with Crippen molar-refractivity contribution in [2.24, 2.45) is 0 Å². The summed E-state index contributed by atoms with van der Waals surface area (Å²) in [7, 11) is 0. The maximum atomic E-state index is 12.1. The monoisotopic (exact) mass is 285 g/mol. The van der Waals surface area contributed by atoms with Gasteiger partial charge in [-0.15, -0.1) is 0 Å². The van der Waals surface area contributed by atoms with Crippen LogP contribution in [0.3, 0.4) is 0 Å². The van der Waals surface area contributed by atoms with Gasteiger partial charge in [0.15, 0.2) is 5.82 Å². The van der Waals surface area contributed by atoms with E-state index < -0.39 is 0 Å². The molecule has 0 bridgehead atoms. The summed E-state index contributed by atoms with van der Waals surface area (Å²) < 4.78 is 5.00. The lowest BCUT2D eigenvalue weighted by atomic mass is 10.1. The van der Waals surface area contributed by atoms with Crippen LogP contribution >= 0.6 is 0 Å². The van der Waals surface area contributed by atoms with Crippen LogP contribution in [0.2, 0.25) is 0 Å². The van der Waals surface area contributed by atoms with E-state index in [9.17, 15) is 4.79 Å². The molecule has 5 heteroatoms. The third kappa shape index (κ3) is 2.96. The Hall–Kier alpha value is -2.17. The second-order valence-corrected chi connectivity index (χ2v) is 5.52. The molecule has 21 heavy (non-hydrogen) atoms. The first-order valence-corrected chi connectivity index (χ1v) is 7.31. The molecule has 0 aliphatic carbocycles. The van der Waals surface area contributed by atoms with Crippen LogP contribution in [0.1, 0.15) is 42.1 Å². The van der Waals surface area contributed by atoms with Crippen molar-refractivity contribution in [3.05, 3.63) is 47.1 Å². The van der Waals surface area contributed by atoms with Gasteiger partial charge in [-0.1, -0.05) is 36.3 Å². The van der Waals surface area contributed by atoms with Crippen molar-refractivity contribution in [3.8, 4) is 0 Å². The van der Waals surface area contributed by atoms with Gasteiger partial charge in [-0.2, -0.15) is 4.98 Å². The van der Waals surface area contributed by atoms with Gasteiger partial charge < -0.3 is 9.42 Å². The van der Waals surface area contributed by atoms with Gasteiger partial charge in [0.05, 0.1) is 0 Å². The molecule has 5 nitrogen and oxygen atoms in total. The minimum Gasteiger partial charge on any atom is -0.340 e. The zero-order valence-corrected chi connectivity index (χ0v) is 12.4. The average molecular weight is 285 g/mol. The topological polar surface area (TPSA) is 59.2 Å². The number of carbonyl (C=O) groups excluding carboxylic acids is 1. The Morgan fingerprint density at radius 1 is 1.29 bits per heavy atom. The van der Waals surface area contributed by atoms with Crippen LogP contribution < -0.4 is 0 Å². The zero-order chi connectivity index (χ0) is 14.8. The van der Waals surface area contributed by atoms with E-state index in [4.69, 9.17) is 4.52 Å². The Bertz CT molecular complexity index is 633. The molecule has 0 spiro atoms. The lowest BCUT2D eigenvalue weighted by Gasteiger charge is -2.16. The van der Waals surface area contributed by atoms with Crippen LogP contribution in [0.25, 0.3) is 0 Å². The number of nitrogens with zero attached hydrogens (tertiary/aromatic N) is 3. The van der Waals surface area contributed by atoms with Gasteiger partial charge in [0.25, 0.3) is 0 Å². The van der Waals surface area contributed by atoms with E-state index >= 15 is 0 Å². The molecule has 2 aromatic rings. The molecule has 1 aromatic heterocycles. The van der Waals surface area contributed by atoms with Crippen molar-refractivity contribution in [2.45, 2.75) is 39.2 Å². The fourth-order valence-corrected chi connectivity index (χ4v) is 2.68. The molecule has 1 amide bonds. The number of hydrogen-bond donors (Lipinski definition) is 0. The number of carbonyl (C=O) groups is 1. The lowest BCUT2D eigenvalue weighted by molar-refractivity contribution is -0.128. The van der Waals surface area contributed by atoms with Gasteiger partial charge >= 0.3 is 0 Å². The molecular formula is C16H19N3O2. The normalized spacial score (nSPS) is 18.5. The standard InChI is InChI=1S/C16H19N3O2/c1-3-12-4-6-13(7-5-12)9-19-10-14(8-15(19)20)16-17-11(2)21-18-16/h4-7,14H,3,8-10H2,1-2H3. The van der Waals surface area contributed by atoms with Gasteiger partial charge in [0, 0.05) is 32.4 Å². The third-order valence-electron chi connectivity index (χ3n) is 3.93. The smallest absolute Gasteiger partial charge is 0.223 e. The molecule has 1 aliphatic rings. The summed E-state index contributed by atoms with van der Waals surface area (Å²) in [6.07, 6.45) is 1.49. The number of aromatic nitrogens is 2. The number of likely N-dealkylation sites (tertiary alicyclic amines) is 1. The third-order valence-corrected chi connectivity index (χ3v) is 3.93. The van der Waals surface area contributed by atoms with Gasteiger partial charge in [-0.25, -0.2) is 0 Å². The summed E-state index contributed by atoms with van der Waals surface area (Å²) in [5, 5.41) is 3.93. The Kier molecular flexibility index (Phi) is 3.73. The van der Waals surface area contributed by atoms with Gasteiger partial charge in [-0.3, -0.25) is 4.79 Å². The average Bonchev–Trinajstić information content (AvgIpc) is 3.07. The second-order valence-electron chi connectivity index (χ2n) is 5.52. The maximum absolute atomic E-state index is 12.1. The zero-order valence-electron chi connectivity index (χ0n) is 12.4. The summed E-state index contributed by atoms with van der Waals surface area (Å²) in [4.78, 5) is 18.2. The molecule has 1 aromatic carbocycles. The summed E-state index contributed by atoms with van der Waals surface area (Å²) in [5.74, 6) is 1.39. The molecule has 1 saturated heterocycles. The van der Waals surface area contributed by atoms with Crippen molar-refractivity contribution in [2.75, 3.05) is 6.54 Å². The van der Waals surface area contributed by atoms with Crippen LogP contribution in [0.4, 0.5) is 0 Å². The van der Waals surface area contributed by atoms with Gasteiger partial charge in [0.1, 0.15) is 0 Å². The summed E-state index contributed by atoms with van der Waals surface area (Å²) in [6.45, 7) is 5.21. The minimum absolute atomic E-state index is 0.0462. The number of aryl methyl sites for hydroxylation is 2. The van der Waals surface area contributed by atoms with E-state index in [1.165, 1.54) is 5.56 Å². The molecule has 1 aliphatic heterocycles. The van der Waals surface area contributed by atoms with E-state index in [2.05, 4.69) is 41.3 Å². The van der Waals surface area contributed by atoms with E-state index in [1.807, 2.05) is 4.90 Å². The van der Waals surface area contributed by atoms with Crippen LogP contribution in [-0.2, 0) is 17.8 Å². The van der Waals surface area contributed by atoms with Crippen molar-refractivity contribution in [3.63, 3.8) is 0 Å². The van der Waals surface area contributed by atoms with Crippen molar-refractivity contribution in [1.82, 2.24) is 15.0 Å². The number of hydrogen-bond acceptors (Lipinski definition) is 4. The van der Waals surface area contributed by atoms with Gasteiger partial charge in [0.2, 0.25) is 11.8 Å².